The zero-order valence-electron chi connectivity index (χ0n) is 17.4. The molecule has 7 nitrogen and oxygen atoms in total. The van der Waals surface area contributed by atoms with Crippen molar-refractivity contribution in [2.24, 2.45) is 4.99 Å². The van der Waals surface area contributed by atoms with Gasteiger partial charge in [-0.05, 0) is 49.5 Å². The van der Waals surface area contributed by atoms with Gasteiger partial charge in [0.25, 0.3) is 0 Å². The van der Waals surface area contributed by atoms with Crippen molar-refractivity contribution in [1.82, 2.24) is 15.5 Å². The quantitative estimate of drug-likeness (QED) is 0.289. The molecule has 0 fully saturated rings. The number of guanidine groups is 1. The number of anilines is 1. The summed E-state index contributed by atoms with van der Waals surface area (Å²) < 4.78 is 5.25. The Morgan fingerprint density at radius 2 is 1.66 bits per heavy atom. The smallest absolute Gasteiger partial charge is 0.238 e. The lowest BCUT2D eigenvalue weighted by Crippen LogP contribution is -2.36. The maximum atomic E-state index is 11.9. The summed E-state index contributed by atoms with van der Waals surface area (Å²) in [6, 6.07) is 15.7. The van der Waals surface area contributed by atoms with Gasteiger partial charge in [0.1, 0.15) is 5.75 Å². The lowest BCUT2D eigenvalue weighted by molar-refractivity contribution is -0.116. The van der Waals surface area contributed by atoms with Crippen LogP contribution < -0.4 is 20.7 Å². The molecule has 0 atom stereocenters. The Bertz CT molecular complexity index is 811. The summed E-state index contributed by atoms with van der Waals surface area (Å²) in [5, 5.41) is 9.47. The summed E-state index contributed by atoms with van der Waals surface area (Å²) in [5.41, 5.74) is 2.94. The third-order valence-corrected chi connectivity index (χ3v) is 3.95. The van der Waals surface area contributed by atoms with Crippen LogP contribution in [0, 0.1) is 0 Å². The average molecular weight is 511 g/mol. The maximum absolute atomic E-state index is 11.9. The summed E-state index contributed by atoms with van der Waals surface area (Å²) in [6.45, 7) is 1.58. The molecular formula is C21H30IN5O2. The fourth-order valence-electron chi connectivity index (χ4n) is 2.62. The van der Waals surface area contributed by atoms with Crippen LogP contribution in [0.3, 0.4) is 0 Å². The molecule has 0 heterocycles. The van der Waals surface area contributed by atoms with Crippen LogP contribution in [0.1, 0.15) is 11.1 Å². The van der Waals surface area contributed by atoms with Gasteiger partial charge in [-0.25, -0.2) is 0 Å². The lowest BCUT2D eigenvalue weighted by atomic mass is 10.2. The van der Waals surface area contributed by atoms with E-state index in [0.717, 1.165) is 22.6 Å². The molecule has 0 saturated carbocycles. The Balaban J connectivity index is 0.00000420. The first-order valence-electron chi connectivity index (χ1n) is 9.11. The predicted octanol–water partition coefficient (Wildman–Crippen LogP) is 2.68. The summed E-state index contributed by atoms with van der Waals surface area (Å²) in [7, 11) is 7.12. The minimum atomic E-state index is -0.0362. The van der Waals surface area contributed by atoms with Gasteiger partial charge in [-0.3, -0.25) is 9.79 Å². The number of rotatable bonds is 8. The van der Waals surface area contributed by atoms with Crippen LogP contribution in [0.2, 0.25) is 0 Å². The summed E-state index contributed by atoms with van der Waals surface area (Å²) >= 11 is 0. The number of methoxy groups -OCH3 is 1. The molecule has 0 unspecified atom stereocenters. The lowest BCUT2D eigenvalue weighted by Gasteiger charge is -2.14. The zero-order chi connectivity index (χ0) is 20.4. The normalized spacial score (nSPS) is 10.9. The van der Waals surface area contributed by atoms with E-state index in [1.165, 1.54) is 0 Å². The minimum absolute atomic E-state index is 0. The van der Waals surface area contributed by atoms with Crippen molar-refractivity contribution in [3.63, 3.8) is 0 Å². The zero-order valence-corrected chi connectivity index (χ0v) is 19.7. The van der Waals surface area contributed by atoms with Crippen molar-refractivity contribution in [1.29, 1.82) is 0 Å². The SMILES string of the molecule is CN=C(NCc1cccc(NC(=O)CN(C)C)c1)NCc1cccc(OC)c1.I. The number of carbonyl (C=O) groups excluding carboxylic acids is 1. The molecule has 0 radical (unpaired) electrons. The van der Waals surface area contributed by atoms with Crippen LogP contribution in [0.5, 0.6) is 5.75 Å². The summed E-state index contributed by atoms with van der Waals surface area (Å²) in [4.78, 5) is 18.0. The summed E-state index contributed by atoms with van der Waals surface area (Å²) in [6.07, 6.45) is 0. The maximum Gasteiger partial charge on any atom is 0.238 e. The molecule has 0 bridgehead atoms. The van der Waals surface area contributed by atoms with E-state index in [-0.39, 0.29) is 29.9 Å². The predicted molar refractivity (Wildman–Crippen MR) is 129 cm³/mol. The molecule has 8 heteroatoms. The van der Waals surface area contributed by atoms with E-state index in [1.807, 2.05) is 67.5 Å². The van der Waals surface area contributed by atoms with E-state index in [9.17, 15) is 4.79 Å². The van der Waals surface area contributed by atoms with Crippen LogP contribution in [-0.4, -0.2) is 51.6 Å². The Kier molecular flexibility index (Phi) is 11.1. The molecule has 0 aliphatic heterocycles. The molecule has 0 saturated heterocycles. The standard InChI is InChI=1S/C21H29N5O2.HI/c1-22-21(24-14-17-8-6-10-19(12-17)28-4)23-13-16-7-5-9-18(11-16)25-20(27)15-26(2)3;/h5-12H,13-15H2,1-4H3,(H,25,27)(H2,22,23,24);1H. The van der Waals surface area contributed by atoms with Crippen LogP contribution in [0.25, 0.3) is 0 Å². The third kappa shape index (κ3) is 9.14. The molecule has 0 aromatic heterocycles. The van der Waals surface area contributed by atoms with Gasteiger partial charge in [-0.15, -0.1) is 24.0 Å². The minimum Gasteiger partial charge on any atom is -0.497 e. The van der Waals surface area contributed by atoms with Gasteiger partial charge in [-0.1, -0.05) is 24.3 Å². The number of benzene rings is 2. The number of aliphatic imine (C=N–C) groups is 1. The first kappa shape index (κ1) is 24.7. The third-order valence-electron chi connectivity index (χ3n) is 3.95. The Morgan fingerprint density at radius 1 is 1.03 bits per heavy atom. The number of halogens is 1. The van der Waals surface area contributed by atoms with Gasteiger partial charge in [0.2, 0.25) is 5.91 Å². The molecule has 3 N–H and O–H groups in total. The van der Waals surface area contributed by atoms with Gasteiger partial charge < -0.3 is 25.6 Å². The Morgan fingerprint density at radius 3 is 2.24 bits per heavy atom. The number of likely N-dealkylation sites (N-methyl/N-ethyl adjacent to an activating group) is 1. The van der Waals surface area contributed by atoms with Crippen molar-refractivity contribution in [2.75, 3.05) is 40.1 Å². The van der Waals surface area contributed by atoms with Crippen LogP contribution in [0.15, 0.2) is 53.5 Å². The number of ether oxygens (including phenoxy) is 1. The van der Waals surface area contributed by atoms with Crippen molar-refractivity contribution in [2.45, 2.75) is 13.1 Å². The van der Waals surface area contributed by atoms with Gasteiger partial charge >= 0.3 is 0 Å². The summed E-state index contributed by atoms with van der Waals surface area (Å²) in [5.74, 6) is 1.49. The monoisotopic (exact) mass is 511 g/mol. The number of nitrogens with zero attached hydrogens (tertiary/aromatic N) is 2. The Labute approximate surface area is 189 Å². The van der Waals surface area contributed by atoms with Crippen molar-refractivity contribution >= 4 is 41.5 Å². The highest BCUT2D eigenvalue weighted by molar-refractivity contribution is 14.0. The van der Waals surface area contributed by atoms with Crippen LogP contribution in [0.4, 0.5) is 5.69 Å². The molecule has 2 rings (SSSR count). The van der Waals surface area contributed by atoms with Crippen LogP contribution >= 0.6 is 24.0 Å². The van der Waals surface area contributed by atoms with Gasteiger partial charge in [0.15, 0.2) is 5.96 Å². The topological polar surface area (TPSA) is 78.0 Å². The Hall–Kier alpha value is -2.33. The van der Waals surface area contributed by atoms with Gasteiger partial charge in [-0.2, -0.15) is 0 Å². The molecule has 158 valence electrons. The second-order valence-electron chi connectivity index (χ2n) is 6.62. The molecule has 0 spiro atoms. The second-order valence-corrected chi connectivity index (χ2v) is 6.62. The van der Waals surface area contributed by atoms with Gasteiger partial charge in [0, 0.05) is 25.8 Å². The fourth-order valence-corrected chi connectivity index (χ4v) is 2.62. The van der Waals surface area contributed by atoms with E-state index >= 15 is 0 Å². The van der Waals surface area contributed by atoms with E-state index in [2.05, 4.69) is 20.9 Å². The number of hydrogen-bond donors (Lipinski definition) is 3. The fraction of sp³-hybridized carbons (Fsp3) is 0.333. The highest BCUT2D eigenvalue weighted by atomic mass is 127. The molecule has 0 aliphatic carbocycles. The van der Waals surface area contributed by atoms with E-state index < -0.39 is 0 Å². The van der Waals surface area contributed by atoms with E-state index in [4.69, 9.17) is 4.74 Å². The molecule has 2 aromatic carbocycles. The number of carbonyl (C=O) groups is 1. The number of nitrogens with one attached hydrogen (secondary N) is 3. The van der Waals surface area contributed by atoms with Crippen LogP contribution in [-0.2, 0) is 17.9 Å². The first-order valence-corrected chi connectivity index (χ1v) is 9.11. The van der Waals surface area contributed by atoms with E-state index in [1.54, 1.807) is 14.2 Å². The molecular weight excluding hydrogens is 481 g/mol. The highest BCUT2D eigenvalue weighted by Gasteiger charge is 2.05. The first-order chi connectivity index (χ1) is 13.5. The largest absolute Gasteiger partial charge is 0.497 e. The van der Waals surface area contributed by atoms with Crippen molar-refractivity contribution in [3.05, 3.63) is 59.7 Å². The average Bonchev–Trinajstić information content (AvgIpc) is 2.68. The van der Waals surface area contributed by atoms with Gasteiger partial charge in [0.05, 0.1) is 13.7 Å². The molecule has 29 heavy (non-hydrogen) atoms. The molecule has 1 amide bonds. The van der Waals surface area contributed by atoms with Crippen molar-refractivity contribution in [3.8, 4) is 5.75 Å². The highest BCUT2D eigenvalue weighted by Crippen LogP contribution is 2.12. The van der Waals surface area contributed by atoms with E-state index in [0.29, 0.717) is 25.6 Å². The number of amides is 1. The number of hydrogen-bond acceptors (Lipinski definition) is 4. The van der Waals surface area contributed by atoms with Crippen molar-refractivity contribution < 1.29 is 9.53 Å². The second kappa shape index (κ2) is 13.0. The molecule has 2 aromatic rings. The molecule has 0 aliphatic rings.